The summed E-state index contributed by atoms with van der Waals surface area (Å²) in [6.45, 7) is 2.42. The fourth-order valence-electron chi connectivity index (χ4n) is 0.927. The predicted molar refractivity (Wildman–Crippen MR) is 42.5 cm³/mol. The number of hydrogen-bond acceptors (Lipinski definition) is 1. The molecule has 0 aromatic heterocycles. The van der Waals surface area contributed by atoms with E-state index >= 15 is 0 Å². The first-order valence-electron chi connectivity index (χ1n) is 3.61. The van der Waals surface area contributed by atoms with Crippen LogP contribution in [0.25, 0.3) is 0 Å². The number of benzene rings is 1. The predicted octanol–water partition coefficient (Wildman–Crippen LogP) is 2.75. The number of halogens is 2. The van der Waals surface area contributed by atoms with Gasteiger partial charge in [0.15, 0.2) is 11.6 Å². The van der Waals surface area contributed by atoms with Crippen molar-refractivity contribution >= 4 is 0 Å². The minimum Gasteiger partial charge on any atom is -0.460 e. The third kappa shape index (κ3) is 1.55. The molecule has 0 aliphatic heterocycles. The molecule has 0 heterocycles. The van der Waals surface area contributed by atoms with Crippen molar-refractivity contribution in [3.8, 4) is 5.75 Å². The van der Waals surface area contributed by atoms with Gasteiger partial charge in [0.05, 0.1) is 0 Å². The average Bonchev–Trinajstić information content (AvgIpc) is 2.07. The number of aryl methyl sites for hydroxylation is 1. The molecule has 0 aliphatic rings. The molecule has 1 aromatic rings. The van der Waals surface area contributed by atoms with Crippen LogP contribution in [0.5, 0.6) is 5.75 Å². The molecule has 0 atom stereocenters. The molecule has 0 aliphatic carbocycles. The van der Waals surface area contributed by atoms with Gasteiger partial charge in [0.25, 0.3) is 0 Å². The zero-order valence-electron chi connectivity index (χ0n) is 7.03. The van der Waals surface area contributed by atoms with Gasteiger partial charge in [-0.2, -0.15) is 0 Å². The minimum atomic E-state index is -1.00. The smallest absolute Gasteiger partial charge is 0.228 e. The Balaban J connectivity index is 3.08. The van der Waals surface area contributed by atoms with E-state index in [4.69, 9.17) is 0 Å². The molecular formula is C9H10F2O. The highest BCUT2D eigenvalue weighted by Crippen LogP contribution is 2.22. The van der Waals surface area contributed by atoms with Crippen molar-refractivity contribution < 1.29 is 13.5 Å². The van der Waals surface area contributed by atoms with Crippen LogP contribution in [-0.2, 0) is 0 Å². The van der Waals surface area contributed by atoms with Crippen LogP contribution in [0.3, 0.4) is 0 Å². The van der Waals surface area contributed by atoms with Crippen LogP contribution in [0.2, 0.25) is 0 Å². The lowest BCUT2D eigenvalue weighted by atomic mass is 10.1. The fourth-order valence-corrected chi connectivity index (χ4v) is 0.927. The Morgan fingerprint density at radius 2 is 2.00 bits per heavy atom. The number of hydrogen-bond donors (Lipinski definition) is 0. The maximum absolute atomic E-state index is 13.2. The Morgan fingerprint density at radius 3 is 2.58 bits per heavy atom. The van der Waals surface area contributed by atoms with Crippen LogP contribution >= 0.6 is 0 Å². The molecule has 0 saturated heterocycles. The molecule has 1 rings (SSSR count). The Morgan fingerprint density at radius 1 is 1.33 bits per heavy atom. The first-order valence-corrected chi connectivity index (χ1v) is 3.61. The lowest BCUT2D eigenvalue weighted by molar-refractivity contribution is 0.184. The van der Waals surface area contributed by atoms with Gasteiger partial charge in [-0.1, -0.05) is 6.07 Å². The van der Waals surface area contributed by atoms with Crippen molar-refractivity contribution in [3.05, 3.63) is 29.1 Å². The second kappa shape index (κ2) is 3.52. The largest absolute Gasteiger partial charge is 0.460 e. The van der Waals surface area contributed by atoms with Gasteiger partial charge < -0.3 is 4.74 Å². The molecule has 0 amide bonds. The molecule has 12 heavy (non-hydrogen) atoms. The Kier molecular flexibility index (Phi) is 2.63. The molecule has 0 radical (unpaired) electrons. The Bertz CT molecular complexity index is 284. The summed E-state index contributed by atoms with van der Waals surface area (Å²) >= 11 is 0. The van der Waals surface area contributed by atoms with E-state index in [9.17, 15) is 8.78 Å². The van der Waals surface area contributed by atoms with Crippen molar-refractivity contribution in [2.75, 3.05) is 6.86 Å². The van der Waals surface area contributed by atoms with E-state index in [-0.39, 0.29) is 5.75 Å². The molecule has 1 aromatic carbocycles. The molecule has 1 nitrogen and oxygen atoms in total. The van der Waals surface area contributed by atoms with Gasteiger partial charge in [-0.25, -0.2) is 8.78 Å². The summed E-state index contributed by atoms with van der Waals surface area (Å²) in [6.07, 6.45) is 0. The molecule has 3 heteroatoms. The molecule has 0 saturated carbocycles. The van der Waals surface area contributed by atoms with E-state index in [1.807, 2.05) is 0 Å². The van der Waals surface area contributed by atoms with Crippen LogP contribution in [-0.4, -0.2) is 6.86 Å². The zero-order valence-corrected chi connectivity index (χ0v) is 7.03. The topological polar surface area (TPSA) is 9.23 Å². The van der Waals surface area contributed by atoms with Gasteiger partial charge in [-0.05, 0) is 31.0 Å². The average molecular weight is 172 g/mol. The normalized spacial score (nSPS) is 10.0. The summed E-state index contributed by atoms with van der Waals surface area (Å²) in [5, 5.41) is 0. The van der Waals surface area contributed by atoms with E-state index in [0.29, 0.717) is 5.56 Å². The van der Waals surface area contributed by atoms with Crippen LogP contribution in [0.15, 0.2) is 12.1 Å². The van der Waals surface area contributed by atoms with E-state index in [1.54, 1.807) is 19.9 Å². The SMILES string of the molecule is Cc1ccc(OCF)c(F)c1C. The summed E-state index contributed by atoms with van der Waals surface area (Å²) in [4.78, 5) is 0. The second-order valence-electron chi connectivity index (χ2n) is 2.57. The second-order valence-corrected chi connectivity index (χ2v) is 2.57. The molecule has 0 fully saturated rings. The summed E-state index contributed by atoms with van der Waals surface area (Å²) in [7, 11) is 0. The van der Waals surface area contributed by atoms with Crippen LogP contribution in [0, 0.1) is 19.7 Å². The van der Waals surface area contributed by atoms with Crippen molar-refractivity contribution in [2.24, 2.45) is 0 Å². The maximum atomic E-state index is 13.2. The highest BCUT2D eigenvalue weighted by atomic mass is 19.1. The van der Waals surface area contributed by atoms with Gasteiger partial charge in [0.1, 0.15) is 0 Å². The van der Waals surface area contributed by atoms with Crippen LogP contribution in [0.1, 0.15) is 11.1 Å². The molecular weight excluding hydrogens is 162 g/mol. The third-order valence-electron chi connectivity index (χ3n) is 1.83. The van der Waals surface area contributed by atoms with Crippen molar-refractivity contribution in [1.82, 2.24) is 0 Å². The van der Waals surface area contributed by atoms with Gasteiger partial charge in [-0.15, -0.1) is 0 Å². The molecule has 0 N–H and O–H groups in total. The summed E-state index contributed by atoms with van der Waals surface area (Å²) in [5.74, 6) is -0.506. The van der Waals surface area contributed by atoms with Crippen molar-refractivity contribution in [2.45, 2.75) is 13.8 Å². The van der Waals surface area contributed by atoms with Gasteiger partial charge >= 0.3 is 0 Å². The lowest BCUT2D eigenvalue weighted by Crippen LogP contribution is -1.96. The first-order chi connectivity index (χ1) is 5.66. The lowest BCUT2D eigenvalue weighted by Gasteiger charge is -2.06. The van der Waals surface area contributed by atoms with Crippen molar-refractivity contribution in [1.29, 1.82) is 0 Å². The van der Waals surface area contributed by atoms with Gasteiger partial charge in [0.2, 0.25) is 6.86 Å². The quantitative estimate of drug-likeness (QED) is 0.666. The molecule has 0 bridgehead atoms. The first kappa shape index (κ1) is 8.97. The van der Waals surface area contributed by atoms with Gasteiger partial charge in [-0.3, -0.25) is 0 Å². The maximum Gasteiger partial charge on any atom is 0.228 e. The summed E-state index contributed by atoms with van der Waals surface area (Å²) in [5.41, 5.74) is 1.33. The minimum absolute atomic E-state index is 0.0272. The highest BCUT2D eigenvalue weighted by molar-refractivity contribution is 5.35. The number of alkyl halides is 1. The standard InChI is InChI=1S/C9H10F2O/c1-6-3-4-8(12-5-10)9(11)7(6)2/h3-4H,5H2,1-2H3. The summed E-state index contributed by atoms with van der Waals surface area (Å²) < 4.78 is 29.3. The zero-order chi connectivity index (χ0) is 9.14. The van der Waals surface area contributed by atoms with Crippen LogP contribution in [0.4, 0.5) is 8.78 Å². The Hall–Kier alpha value is -1.12. The Labute approximate surface area is 70.0 Å². The van der Waals surface area contributed by atoms with Crippen molar-refractivity contribution in [3.63, 3.8) is 0 Å². The molecule has 0 unspecified atom stereocenters. The highest BCUT2D eigenvalue weighted by Gasteiger charge is 2.07. The number of rotatable bonds is 2. The van der Waals surface area contributed by atoms with E-state index in [0.717, 1.165) is 5.56 Å². The summed E-state index contributed by atoms with van der Waals surface area (Å²) in [6, 6.07) is 3.13. The molecule has 0 spiro atoms. The van der Waals surface area contributed by atoms with E-state index < -0.39 is 12.7 Å². The molecule has 66 valence electrons. The third-order valence-corrected chi connectivity index (χ3v) is 1.83. The monoisotopic (exact) mass is 172 g/mol. The fraction of sp³-hybridized carbons (Fsp3) is 0.333. The van der Waals surface area contributed by atoms with Crippen LogP contribution < -0.4 is 4.74 Å². The van der Waals surface area contributed by atoms with E-state index in [2.05, 4.69) is 4.74 Å². The van der Waals surface area contributed by atoms with Gasteiger partial charge in [0, 0.05) is 0 Å². The number of ether oxygens (including phenoxy) is 1. The van der Waals surface area contributed by atoms with E-state index in [1.165, 1.54) is 6.07 Å².